The molecular formula is C14H20N4O3. The topological polar surface area (TPSA) is 90.0 Å². The Hall–Kier alpha value is -2.18. The minimum atomic E-state index is -0.282. The third-order valence-corrected chi connectivity index (χ3v) is 3.51. The zero-order chi connectivity index (χ0) is 15.6. The number of carbonyl (C=O) groups is 1. The summed E-state index contributed by atoms with van der Waals surface area (Å²) in [5.41, 5.74) is 0.515. The predicted octanol–water partition coefficient (Wildman–Crippen LogP) is 1.17. The maximum Gasteiger partial charge on any atom is 0.267 e. The number of hydrogen-bond donors (Lipinski definition) is 1. The van der Waals surface area contributed by atoms with E-state index in [0.717, 1.165) is 6.42 Å². The summed E-state index contributed by atoms with van der Waals surface area (Å²) in [7, 11) is 0. The van der Waals surface area contributed by atoms with Crippen molar-refractivity contribution in [3.63, 3.8) is 0 Å². The highest BCUT2D eigenvalue weighted by molar-refractivity contribution is 5.78. The van der Waals surface area contributed by atoms with Crippen LogP contribution in [0.5, 0.6) is 0 Å². The van der Waals surface area contributed by atoms with Crippen molar-refractivity contribution >= 4 is 17.0 Å². The summed E-state index contributed by atoms with van der Waals surface area (Å²) in [5, 5.41) is 7.04. The van der Waals surface area contributed by atoms with Gasteiger partial charge in [-0.2, -0.15) is 4.98 Å². The molecule has 0 saturated heterocycles. The van der Waals surface area contributed by atoms with Gasteiger partial charge in [0.05, 0.1) is 5.69 Å². The van der Waals surface area contributed by atoms with Crippen molar-refractivity contribution in [2.45, 2.75) is 53.1 Å². The molecule has 0 radical (unpaired) electrons. The lowest BCUT2D eigenvalue weighted by Gasteiger charge is -2.13. The van der Waals surface area contributed by atoms with Gasteiger partial charge >= 0.3 is 0 Å². The van der Waals surface area contributed by atoms with Crippen molar-refractivity contribution in [1.29, 1.82) is 0 Å². The van der Waals surface area contributed by atoms with E-state index in [2.05, 4.69) is 15.5 Å². The molecule has 2 aromatic heterocycles. The van der Waals surface area contributed by atoms with Crippen LogP contribution in [0.1, 0.15) is 38.7 Å². The van der Waals surface area contributed by atoms with Crippen LogP contribution in [0.15, 0.2) is 9.32 Å². The summed E-state index contributed by atoms with van der Waals surface area (Å²) >= 11 is 0. The quantitative estimate of drug-likeness (QED) is 0.893. The molecule has 7 heteroatoms. The smallest absolute Gasteiger partial charge is 0.267 e. The first-order valence-corrected chi connectivity index (χ1v) is 7.12. The molecule has 114 valence electrons. The van der Waals surface area contributed by atoms with Crippen LogP contribution < -0.4 is 10.9 Å². The summed E-state index contributed by atoms with van der Waals surface area (Å²) in [6.45, 7) is 7.42. The third-order valence-electron chi connectivity index (χ3n) is 3.51. The number of aryl methyl sites for hydroxylation is 2. The predicted molar refractivity (Wildman–Crippen MR) is 78.1 cm³/mol. The molecule has 1 unspecified atom stereocenters. The zero-order valence-electron chi connectivity index (χ0n) is 12.8. The normalized spacial score (nSPS) is 12.6. The summed E-state index contributed by atoms with van der Waals surface area (Å²) in [5.74, 6) is 0.232. The monoisotopic (exact) mass is 292 g/mol. The minimum Gasteiger partial charge on any atom is -0.352 e. The Morgan fingerprint density at radius 2 is 2.14 bits per heavy atom. The Morgan fingerprint density at radius 1 is 1.43 bits per heavy atom. The summed E-state index contributed by atoms with van der Waals surface area (Å²) in [6, 6.07) is 0.0759. The van der Waals surface area contributed by atoms with Gasteiger partial charge in [0, 0.05) is 6.04 Å². The van der Waals surface area contributed by atoms with Crippen LogP contribution in [0.4, 0.5) is 0 Å². The second-order valence-electron chi connectivity index (χ2n) is 5.09. The molecule has 0 aromatic carbocycles. The fourth-order valence-corrected chi connectivity index (χ4v) is 2.09. The van der Waals surface area contributed by atoms with Crippen LogP contribution >= 0.6 is 0 Å². The molecule has 1 amide bonds. The fourth-order valence-electron chi connectivity index (χ4n) is 2.09. The molecule has 0 aliphatic heterocycles. The molecule has 7 nitrogen and oxygen atoms in total. The SMILES string of the molecule is CCc1noc2nc(C)n(CC(=O)NC(C)CC)c(=O)c12. The van der Waals surface area contributed by atoms with Gasteiger partial charge in [0.15, 0.2) is 0 Å². The van der Waals surface area contributed by atoms with Crippen LogP contribution in [0.2, 0.25) is 0 Å². The van der Waals surface area contributed by atoms with Crippen molar-refractivity contribution in [3.8, 4) is 0 Å². The van der Waals surface area contributed by atoms with E-state index < -0.39 is 0 Å². The number of aromatic nitrogens is 3. The number of rotatable bonds is 5. The molecule has 1 N–H and O–H groups in total. The van der Waals surface area contributed by atoms with Crippen molar-refractivity contribution < 1.29 is 9.32 Å². The van der Waals surface area contributed by atoms with Crippen molar-refractivity contribution in [1.82, 2.24) is 20.0 Å². The highest BCUT2D eigenvalue weighted by Gasteiger charge is 2.18. The Labute approximate surface area is 122 Å². The Morgan fingerprint density at radius 3 is 2.76 bits per heavy atom. The average molecular weight is 292 g/mol. The first-order valence-electron chi connectivity index (χ1n) is 7.12. The van der Waals surface area contributed by atoms with Gasteiger partial charge in [0.2, 0.25) is 5.91 Å². The van der Waals surface area contributed by atoms with Crippen molar-refractivity contribution in [3.05, 3.63) is 21.9 Å². The Kier molecular flexibility index (Phi) is 4.40. The molecule has 2 aromatic rings. The van der Waals surface area contributed by atoms with Gasteiger partial charge in [0.1, 0.15) is 17.8 Å². The van der Waals surface area contributed by atoms with E-state index in [-0.39, 0.29) is 29.8 Å². The van der Waals surface area contributed by atoms with E-state index in [9.17, 15) is 9.59 Å². The van der Waals surface area contributed by atoms with Crippen molar-refractivity contribution in [2.75, 3.05) is 0 Å². The zero-order valence-corrected chi connectivity index (χ0v) is 12.8. The summed E-state index contributed by atoms with van der Waals surface area (Å²) in [6.07, 6.45) is 1.41. The number of nitrogens with zero attached hydrogens (tertiary/aromatic N) is 3. The lowest BCUT2D eigenvalue weighted by atomic mass is 10.2. The van der Waals surface area contributed by atoms with Gasteiger partial charge in [-0.3, -0.25) is 14.2 Å². The maximum absolute atomic E-state index is 12.5. The second kappa shape index (κ2) is 6.07. The average Bonchev–Trinajstić information content (AvgIpc) is 2.86. The molecule has 0 bridgehead atoms. The van der Waals surface area contributed by atoms with Crippen LogP contribution in [0, 0.1) is 6.92 Å². The molecule has 2 heterocycles. The number of nitrogens with one attached hydrogen (secondary N) is 1. The molecule has 0 aliphatic carbocycles. The molecule has 2 rings (SSSR count). The van der Waals surface area contributed by atoms with Gasteiger partial charge in [-0.1, -0.05) is 19.0 Å². The molecule has 0 spiro atoms. The fraction of sp³-hybridized carbons (Fsp3) is 0.571. The standard InChI is InChI=1S/C14H20N4O3/c1-5-8(3)15-11(19)7-18-9(4)16-13-12(14(18)20)10(6-2)17-21-13/h8H,5-7H2,1-4H3,(H,15,19). The lowest BCUT2D eigenvalue weighted by Crippen LogP contribution is -2.38. The van der Waals surface area contributed by atoms with Crippen LogP contribution in [0.3, 0.4) is 0 Å². The Balaban J connectivity index is 2.40. The van der Waals surface area contributed by atoms with Gasteiger partial charge in [0.25, 0.3) is 11.3 Å². The van der Waals surface area contributed by atoms with Crippen LogP contribution in [-0.4, -0.2) is 26.7 Å². The van der Waals surface area contributed by atoms with Gasteiger partial charge in [-0.05, 0) is 26.7 Å². The highest BCUT2D eigenvalue weighted by Crippen LogP contribution is 2.13. The van der Waals surface area contributed by atoms with E-state index >= 15 is 0 Å². The lowest BCUT2D eigenvalue weighted by molar-refractivity contribution is -0.122. The van der Waals surface area contributed by atoms with Crippen LogP contribution in [-0.2, 0) is 17.8 Å². The summed E-state index contributed by atoms with van der Waals surface area (Å²) in [4.78, 5) is 28.7. The number of carbonyl (C=O) groups excluding carboxylic acids is 1. The first-order chi connectivity index (χ1) is 9.97. The molecule has 0 aliphatic rings. The first kappa shape index (κ1) is 15.2. The van der Waals surface area contributed by atoms with Gasteiger partial charge in [-0.25, -0.2) is 0 Å². The second-order valence-corrected chi connectivity index (χ2v) is 5.09. The van der Waals surface area contributed by atoms with E-state index in [4.69, 9.17) is 4.52 Å². The molecule has 0 saturated carbocycles. The number of amides is 1. The largest absolute Gasteiger partial charge is 0.352 e. The maximum atomic E-state index is 12.5. The highest BCUT2D eigenvalue weighted by atomic mass is 16.5. The van der Waals surface area contributed by atoms with E-state index in [0.29, 0.717) is 23.3 Å². The molecule has 21 heavy (non-hydrogen) atoms. The van der Waals surface area contributed by atoms with Crippen molar-refractivity contribution in [2.24, 2.45) is 0 Å². The van der Waals surface area contributed by atoms with Gasteiger partial charge in [-0.15, -0.1) is 0 Å². The van der Waals surface area contributed by atoms with E-state index in [1.165, 1.54) is 4.57 Å². The number of hydrogen-bond acceptors (Lipinski definition) is 5. The minimum absolute atomic E-state index is 0.0493. The van der Waals surface area contributed by atoms with E-state index in [1.807, 2.05) is 20.8 Å². The van der Waals surface area contributed by atoms with E-state index in [1.54, 1.807) is 6.92 Å². The molecule has 1 atom stereocenters. The number of fused-ring (bicyclic) bond motifs is 1. The summed E-state index contributed by atoms with van der Waals surface area (Å²) < 4.78 is 6.43. The molecule has 0 fully saturated rings. The van der Waals surface area contributed by atoms with Crippen LogP contribution in [0.25, 0.3) is 11.1 Å². The Bertz CT molecular complexity index is 717. The molecular weight excluding hydrogens is 272 g/mol. The van der Waals surface area contributed by atoms with Gasteiger partial charge < -0.3 is 9.84 Å². The third kappa shape index (κ3) is 2.96.